The summed E-state index contributed by atoms with van der Waals surface area (Å²) in [6.45, 7) is 1.05. The zero-order valence-corrected chi connectivity index (χ0v) is 17.2. The van der Waals surface area contributed by atoms with Crippen LogP contribution in [0.3, 0.4) is 0 Å². The number of carbonyl (C=O) groups is 2. The Morgan fingerprint density at radius 3 is 2.75 bits per heavy atom. The molecule has 0 saturated carbocycles. The number of likely N-dealkylation sites (tertiary alicyclic amines) is 1. The molecule has 1 aliphatic rings. The minimum absolute atomic E-state index is 0.0596. The molecular formula is C19H17BrN4O3S. The first kappa shape index (κ1) is 18.8. The van der Waals surface area contributed by atoms with Gasteiger partial charge in [-0.25, -0.2) is 9.97 Å². The number of anilines is 1. The maximum absolute atomic E-state index is 12.7. The minimum Gasteiger partial charge on any atom is -0.462 e. The lowest BCUT2D eigenvalue weighted by atomic mass is 9.95. The fraction of sp³-hybridized carbons (Fsp3) is 0.263. The number of thiazole rings is 1. The van der Waals surface area contributed by atoms with E-state index in [1.807, 2.05) is 12.1 Å². The number of carbonyl (C=O) groups excluding carboxylic acids is 2. The molecule has 7 nitrogen and oxygen atoms in total. The number of piperidine rings is 1. The van der Waals surface area contributed by atoms with Crippen molar-refractivity contribution in [3.63, 3.8) is 0 Å². The third-order valence-corrected chi connectivity index (χ3v) is 5.91. The highest BCUT2D eigenvalue weighted by atomic mass is 79.9. The van der Waals surface area contributed by atoms with Crippen molar-refractivity contribution in [3.05, 3.63) is 52.3 Å². The van der Waals surface area contributed by atoms with Crippen molar-refractivity contribution in [2.45, 2.75) is 12.8 Å². The van der Waals surface area contributed by atoms with Crippen LogP contribution in [-0.2, 0) is 4.79 Å². The topological polar surface area (TPSA) is 88.3 Å². The van der Waals surface area contributed by atoms with E-state index < -0.39 is 0 Å². The quantitative estimate of drug-likeness (QED) is 0.634. The second kappa shape index (κ2) is 8.24. The summed E-state index contributed by atoms with van der Waals surface area (Å²) >= 11 is 4.70. The maximum Gasteiger partial charge on any atom is 0.273 e. The van der Waals surface area contributed by atoms with Crippen molar-refractivity contribution >= 4 is 44.9 Å². The molecule has 0 atom stereocenters. The van der Waals surface area contributed by atoms with Gasteiger partial charge >= 0.3 is 0 Å². The minimum atomic E-state index is -0.136. The molecule has 0 aliphatic carbocycles. The van der Waals surface area contributed by atoms with Crippen LogP contribution >= 0.6 is 27.3 Å². The molecule has 1 aliphatic heterocycles. The van der Waals surface area contributed by atoms with Gasteiger partial charge < -0.3 is 14.6 Å². The predicted octanol–water partition coefficient (Wildman–Crippen LogP) is 4.05. The summed E-state index contributed by atoms with van der Waals surface area (Å²) in [5, 5.41) is 5.27. The number of hydrogen-bond acceptors (Lipinski definition) is 6. The largest absolute Gasteiger partial charge is 0.462 e. The molecule has 1 fully saturated rings. The first-order valence-electron chi connectivity index (χ1n) is 8.81. The number of aromatic nitrogens is 2. The van der Waals surface area contributed by atoms with Crippen LogP contribution in [0.25, 0.3) is 10.8 Å². The standard InChI is InChI=1S/C19H17BrN4O3S/c20-13-3-4-16(21-10-13)23-17(25)12-5-7-24(8-6-12)19(26)14-11-28-18(22-14)15-2-1-9-27-15/h1-4,9-12H,5-8H2,(H,21,23,25). The molecule has 0 unspecified atom stereocenters. The first-order chi connectivity index (χ1) is 13.6. The van der Waals surface area contributed by atoms with Gasteiger partial charge in [-0.3, -0.25) is 9.59 Å². The van der Waals surface area contributed by atoms with E-state index in [0.29, 0.717) is 48.2 Å². The second-order valence-corrected chi connectivity index (χ2v) is 8.21. The Bertz CT molecular complexity index is 963. The summed E-state index contributed by atoms with van der Waals surface area (Å²) in [6, 6.07) is 7.18. The molecule has 0 radical (unpaired) electrons. The number of pyridine rings is 1. The monoisotopic (exact) mass is 460 g/mol. The Labute approximate surface area is 173 Å². The number of nitrogens with zero attached hydrogens (tertiary/aromatic N) is 3. The molecule has 4 heterocycles. The van der Waals surface area contributed by atoms with Crippen LogP contribution in [0.1, 0.15) is 23.3 Å². The van der Waals surface area contributed by atoms with E-state index in [1.54, 1.807) is 34.9 Å². The van der Waals surface area contributed by atoms with E-state index >= 15 is 0 Å². The molecule has 4 rings (SSSR count). The molecule has 28 heavy (non-hydrogen) atoms. The maximum atomic E-state index is 12.7. The Kier molecular flexibility index (Phi) is 5.54. The molecular weight excluding hydrogens is 444 g/mol. The van der Waals surface area contributed by atoms with Gasteiger partial charge in [0.15, 0.2) is 10.8 Å². The van der Waals surface area contributed by atoms with Crippen LogP contribution in [0, 0.1) is 5.92 Å². The summed E-state index contributed by atoms with van der Waals surface area (Å²) in [6.07, 6.45) is 4.45. The van der Waals surface area contributed by atoms with Crippen LogP contribution in [0.2, 0.25) is 0 Å². The summed E-state index contributed by atoms with van der Waals surface area (Å²) in [4.78, 5) is 35.5. The van der Waals surface area contributed by atoms with E-state index in [9.17, 15) is 9.59 Å². The molecule has 1 N–H and O–H groups in total. The lowest BCUT2D eigenvalue weighted by molar-refractivity contribution is -0.121. The van der Waals surface area contributed by atoms with Gasteiger partial charge in [0.1, 0.15) is 11.5 Å². The fourth-order valence-corrected chi connectivity index (χ4v) is 4.06. The molecule has 3 aromatic heterocycles. The predicted molar refractivity (Wildman–Crippen MR) is 109 cm³/mol. The van der Waals surface area contributed by atoms with E-state index in [4.69, 9.17) is 4.42 Å². The van der Waals surface area contributed by atoms with Crippen molar-refractivity contribution in [1.82, 2.24) is 14.9 Å². The number of amides is 2. The summed E-state index contributed by atoms with van der Waals surface area (Å²) < 4.78 is 6.18. The molecule has 3 aromatic rings. The SMILES string of the molecule is O=C(Nc1ccc(Br)cn1)C1CCN(C(=O)c2csc(-c3ccco3)n2)CC1. The smallest absolute Gasteiger partial charge is 0.273 e. The number of nitrogens with one attached hydrogen (secondary N) is 1. The second-order valence-electron chi connectivity index (χ2n) is 6.43. The van der Waals surface area contributed by atoms with E-state index in [2.05, 4.69) is 31.2 Å². The summed E-state index contributed by atoms with van der Waals surface area (Å²) in [7, 11) is 0. The third kappa shape index (κ3) is 4.15. The van der Waals surface area contributed by atoms with Gasteiger partial charge in [-0.15, -0.1) is 11.3 Å². The zero-order valence-electron chi connectivity index (χ0n) is 14.8. The number of hydrogen-bond donors (Lipinski definition) is 1. The molecule has 2 amide bonds. The Hall–Kier alpha value is -2.52. The molecule has 0 bridgehead atoms. The van der Waals surface area contributed by atoms with Gasteiger partial charge in [-0.1, -0.05) is 0 Å². The van der Waals surface area contributed by atoms with Gasteiger partial charge in [-0.2, -0.15) is 0 Å². The van der Waals surface area contributed by atoms with Gasteiger partial charge in [-0.05, 0) is 53.0 Å². The molecule has 0 aromatic carbocycles. The van der Waals surface area contributed by atoms with Crippen LogP contribution in [0.4, 0.5) is 5.82 Å². The van der Waals surface area contributed by atoms with Crippen molar-refractivity contribution in [2.24, 2.45) is 5.92 Å². The highest BCUT2D eigenvalue weighted by Crippen LogP contribution is 2.26. The van der Waals surface area contributed by atoms with Crippen LogP contribution in [0.5, 0.6) is 0 Å². The normalized spacial score (nSPS) is 14.8. The molecule has 1 saturated heterocycles. The molecule has 9 heteroatoms. The third-order valence-electron chi connectivity index (χ3n) is 4.59. The number of furan rings is 1. The molecule has 0 spiro atoms. The van der Waals surface area contributed by atoms with Crippen LogP contribution in [0.15, 0.2) is 51.0 Å². The highest BCUT2D eigenvalue weighted by Gasteiger charge is 2.29. The fourth-order valence-electron chi connectivity index (χ4n) is 3.07. The lowest BCUT2D eigenvalue weighted by Gasteiger charge is -2.30. The molecule has 144 valence electrons. The van der Waals surface area contributed by atoms with Gasteiger partial charge in [0, 0.05) is 35.1 Å². The van der Waals surface area contributed by atoms with Crippen molar-refractivity contribution in [1.29, 1.82) is 0 Å². The lowest BCUT2D eigenvalue weighted by Crippen LogP contribution is -2.41. The van der Waals surface area contributed by atoms with Gasteiger partial charge in [0.2, 0.25) is 5.91 Å². The number of halogens is 1. The highest BCUT2D eigenvalue weighted by molar-refractivity contribution is 9.10. The van der Waals surface area contributed by atoms with Crippen LogP contribution < -0.4 is 5.32 Å². The van der Waals surface area contributed by atoms with Crippen molar-refractivity contribution in [2.75, 3.05) is 18.4 Å². The zero-order chi connectivity index (χ0) is 19.5. The van der Waals surface area contributed by atoms with Gasteiger partial charge in [0.05, 0.1) is 6.26 Å². The van der Waals surface area contributed by atoms with Crippen molar-refractivity contribution in [3.8, 4) is 10.8 Å². The average molecular weight is 461 g/mol. The first-order valence-corrected chi connectivity index (χ1v) is 10.5. The van der Waals surface area contributed by atoms with E-state index in [0.717, 1.165) is 4.47 Å². The van der Waals surface area contributed by atoms with Gasteiger partial charge in [0.25, 0.3) is 5.91 Å². The van der Waals surface area contributed by atoms with E-state index in [-0.39, 0.29) is 17.7 Å². The Morgan fingerprint density at radius 1 is 1.25 bits per heavy atom. The Balaban J connectivity index is 1.33. The van der Waals surface area contributed by atoms with Crippen LogP contribution in [-0.4, -0.2) is 39.8 Å². The summed E-state index contributed by atoms with van der Waals surface area (Å²) in [5.74, 6) is 0.877. The van der Waals surface area contributed by atoms with E-state index in [1.165, 1.54) is 11.3 Å². The Morgan fingerprint density at radius 2 is 2.07 bits per heavy atom. The number of rotatable bonds is 4. The van der Waals surface area contributed by atoms with Crippen molar-refractivity contribution < 1.29 is 14.0 Å². The average Bonchev–Trinajstić information content (AvgIpc) is 3.41. The summed E-state index contributed by atoms with van der Waals surface area (Å²) in [5.41, 5.74) is 0.415.